The maximum Gasteiger partial charge on any atom is 0.306 e. The van der Waals surface area contributed by atoms with Crippen LogP contribution in [0.4, 0.5) is 0 Å². The van der Waals surface area contributed by atoms with Crippen molar-refractivity contribution in [2.45, 2.75) is 32.1 Å². The molecule has 0 atom stereocenters. The molecule has 1 N–H and O–H groups in total. The number of rotatable bonds is 10. The second-order valence-electron chi connectivity index (χ2n) is 3.35. The normalized spacial score (nSPS) is 9.81. The Balaban J connectivity index is 3.37. The molecule has 0 heterocycles. The molecule has 0 aromatic heterocycles. The van der Waals surface area contributed by atoms with Crippen molar-refractivity contribution in [2.24, 2.45) is 0 Å². The summed E-state index contributed by atoms with van der Waals surface area (Å²) in [5.41, 5.74) is 0. The number of unbranched alkanes of at least 4 members (excludes halogenated alkanes) is 2. The molecule has 5 heteroatoms. The highest BCUT2D eigenvalue weighted by molar-refractivity contribution is 6.14. The summed E-state index contributed by atoms with van der Waals surface area (Å²) in [6.07, 6.45) is 4.85. The Morgan fingerprint density at radius 1 is 1.31 bits per heavy atom. The van der Waals surface area contributed by atoms with Crippen molar-refractivity contribution in [3.05, 3.63) is 12.7 Å². The van der Waals surface area contributed by atoms with E-state index in [1.54, 1.807) is 0 Å². The smallest absolute Gasteiger partial charge is 0.306 e. The fourth-order valence-corrected chi connectivity index (χ4v) is 1.20. The number of allylic oxidation sites excluding steroid dienone is 1. The fraction of sp³-hybridized carbons (Fsp3) is 0.636. The first-order chi connectivity index (χ1) is 7.70. The molecule has 0 bridgehead atoms. The van der Waals surface area contributed by atoms with Gasteiger partial charge >= 0.3 is 5.97 Å². The average molecular weight is 248 g/mol. The Morgan fingerprint density at radius 2 is 2.06 bits per heavy atom. The highest BCUT2D eigenvalue weighted by Gasteiger charge is 2.07. The lowest BCUT2D eigenvalue weighted by Crippen LogP contribution is -2.16. The largest absolute Gasteiger partial charge is 0.466 e. The van der Waals surface area contributed by atoms with Gasteiger partial charge in [-0.1, -0.05) is 6.08 Å². The minimum absolute atomic E-state index is 0.0775. The SMILES string of the molecule is C=CCCCCOC(=O)CCC(=O)CNCl. The van der Waals surface area contributed by atoms with Gasteiger partial charge in [0, 0.05) is 6.42 Å². The van der Waals surface area contributed by atoms with Crippen LogP contribution < -0.4 is 4.84 Å². The maximum absolute atomic E-state index is 11.1. The van der Waals surface area contributed by atoms with Gasteiger partial charge in [0.1, 0.15) is 5.78 Å². The molecule has 4 nitrogen and oxygen atoms in total. The maximum atomic E-state index is 11.1. The summed E-state index contributed by atoms with van der Waals surface area (Å²) < 4.78 is 4.94. The van der Waals surface area contributed by atoms with Gasteiger partial charge in [-0.05, 0) is 31.0 Å². The Hall–Kier alpha value is -0.870. The van der Waals surface area contributed by atoms with Gasteiger partial charge in [0.05, 0.1) is 19.6 Å². The van der Waals surface area contributed by atoms with Crippen LogP contribution in [0.2, 0.25) is 0 Å². The number of carbonyl (C=O) groups is 2. The van der Waals surface area contributed by atoms with Gasteiger partial charge < -0.3 is 4.74 Å². The van der Waals surface area contributed by atoms with Gasteiger partial charge in [0.25, 0.3) is 0 Å². The van der Waals surface area contributed by atoms with E-state index >= 15 is 0 Å². The highest BCUT2D eigenvalue weighted by atomic mass is 35.5. The first-order valence-electron chi connectivity index (χ1n) is 5.32. The Labute approximate surface area is 101 Å². The molecule has 16 heavy (non-hydrogen) atoms. The van der Waals surface area contributed by atoms with E-state index in [0.29, 0.717) is 6.61 Å². The Kier molecular flexibility index (Phi) is 10.1. The highest BCUT2D eigenvalue weighted by Crippen LogP contribution is 1.99. The molecule has 0 aliphatic rings. The number of esters is 1. The van der Waals surface area contributed by atoms with Crippen LogP contribution in [-0.2, 0) is 14.3 Å². The van der Waals surface area contributed by atoms with Crippen molar-refractivity contribution in [3.8, 4) is 0 Å². The monoisotopic (exact) mass is 247 g/mol. The third-order valence-electron chi connectivity index (χ3n) is 1.94. The van der Waals surface area contributed by atoms with Gasteiger partial charge in [-0.3, -0.25) is 9.59 Å². The lowest BCUT2D eigenvalue weighted by atomic mass is 10.2. The van der Waals surface area contributed by atoms with Crippen molar-refractivity contribution in [3.63, 3.8) is 0 Å². The molecule has 0 aliphatic heterocycles. The summed E-state index contributed by atoms with van der Waals surface area (Å²) in [7, 11) is 0. The molecule has 0 unspecified atom stereocenters. The lowest BCUT2D eigenvalue weighted by molar-refractivity contribution is -0.144. The Morgan fingerprint density at radius 3 is 2.69 bits per heavy atom. The van der Waals surface area contributed by atoms with Crippen LogP contribution in [0.5, 0.6) is 0 Å². The second-order valence-corrected chi connectivity index (χ2v) is 3.62. The number of halogens is 1. The van der Waals surface area contributed by atoms with Gasteiger partial charge in [0.2, 0.25) is 0 Å². The minimum atomic E-state index is -0.332. The van der Waals surface area contributed by atoms with Crippen molar-refractivity contribution in [2.75, 3.05) is 13.2 Å². The molecule has 0 saturated heterocycles. The molecular weight excluding hydrogens is 230 g/mol. The predicted molar refractivity (Wildman–Crippen MR) is 63.1 cm³/mol. The molecule has 0 aliphatic carbocycles. The van der Waals surface area contributed by atoms with E-state index in [-0.39, 0.29) is 31.1 Å². The van der Waals surface area contributed by atoms with Gasteiger partial charge in [-0.2, -0.15) is 0 Å². The molecule has 0 aromatic carbocycles. The number of hydrogen-bond donors (Lipinski definition) is 1. The molecule has 92 valence electrons. The first-order valence-corrected chi connectivity index (χ1v) is 5.70. The standard InChI is InChI=1S/C11H18ClNO3/c1-2-3-4-5-8-16-11(15)7-6-10(14)9-13-12/h2,13H,1,3-9H2. The van der Waals surface area contributed by atoms with E-state index in [1.165, 1.54) is 0 Å². The zero-order chi connectivity index (χ0) is 12.2. The van der Waals surface area contributed by atoms with Crippen LogP contribution in [0.25, 0.3) is 0 Å². The van der Waals surface area contributed by atoms with E-state index in [2.05, 4.69) is 11.4 Å². The summed E-state index contributed by atoms with van der Waals surface area (Å²) in [4.78, 5) is 24.4. The number of ether oxygens (including phenoxy) is 1. The molecule has 0 spiro atoms. The van der Waals surface area contributed by atoms with E-state index in [9.17, 15) is 9.59 Å². The third-order valence-corrected chi connectivity index (χ3v) is 2.07. The van der Waals surface area contributed by atoms with Crippen LogP contribution in [0.3, 0.4) is 0 Å². The van der Waals surface area contributed by atoms with Crippen LogP contribution in [0, 0.1) is 0 Å². The fourth-order valence-electron chi connectivity index (χ4n) is 1.05. The van der Waals surface area contributed by atoms with Gasteiger partial charge in [0.15, 0.2) is 0 Å². The summed E-state index contributed by atoms with van der Waals surface area (Å²) in [6.45, 7) is 4.09. The Bertz CT molecular complexity index is 231. The van der Waals surface area contributed by atoms with Crippen LogP contribution in [0.1, 0.15) is 32.1 Å². The predicted octanol–water partition coefficient (Wildman–Crippen LogP) is 1.98. The molecule has 0 amide bonds. The molecule has 0 radical (unpaired) electrons. The van der Waals surface area contributed by atoms with E-state index in [4.69, 9.17) is 16.5 Å². The quantitative estimate of drug-likeness (QED) is 0.278. The molecular formula is C11H18ClNO3. The van der Waals surface area contributed by atoms with Crippen molar-refractivity contribution in [1.82, 2.24) is 4.84 Å². The molecule has 0 fully saturated rings. The van der Waals surface area contributed by atoms with Crippen LogP contribution in [0.15, 0.2) is 12.7 Å². The summed E-state index contributed by atoms with van der Waals surface area (Å²) in [5, 5.41) is 0. The summed E-state index contributed by atoms with van der Waals surface area (Å²) in [6, 6.07) is 0. The summed E-state index contributed by atoms with van der Waals surface area (Å²) in [5.74, 6) is -0.430. The molecule has 0 rings (SSSR count). The van der Waals surface area contributed by atoms with Crippen molar-refractivity contribution < 1.29 is 14.3 Å². The third kappa shape index (κ3) is 9.68. The first kappa shape index (κ1) is 15.1. The molecule has 0 saturated carbocycles. The van der Waals surface area contributed by atoms with Gasteiger partial charge in [-0.25, -0.2) is 4.84 Å². The van der Waals surface area contributed by atoms with Gasteiger partial charge in [-0.15, -0.1) is 6.58 Å². The van der Waals surface area contributed by atoms with E-state index in [1.807, 2.05) is 6.08 Å². The van der Waals surface area contributed by atoms with Crippen molar-refractivity contribution in [1.29, 1.82) is 0 Å². The van der Waals surface area contributed by atoms with Crippen LogP contribution >= 0.6 is 11.8 Å². The topological polar surface area (TPSA) is 55.4 Å². The number of ketones is 1. The summed E-state index contributed by atoms with van der Waals surface area (Å²) >= 11 is 5.15. The minimum Gasteiger partial charge on any atom is -0.466 e. The number of hydrogen-bond acceptors (Lipinski definition) is 4. The number of nitrogens with one attached hydrogen (secondary N) is 1. The zero-order valence-electron chi connectivity index (χ0n) is 9.34. The zero-order valence-corrected chi connectivity index (χ0v) is 10.1. The van der Waals surface area contributed by atoms with E-state index < -0.39 is 0 Å². The lowest BCUT2D eigenvalue weighted by Gasteiger charge is -2.03. The number of Topliss-reactive ketones (excluding diaryl/α,β-unsaturated/α-hetero) is 1. The number of carbonyl (C=O) groups excluding carboxylic acids is 2. The average Bonchev–Trinajstić information content (AvgIpc) is 2.26. The van der Waals surface area contributed by atoms with Crippen molar-refractivity contribution >= 4 is 23.5 Å². The second kappa shape index (κ2) is 10.6. The van der Waals surface area contributed by atoms with Crippen LogP contribution in [-0.4, -0.2) is 24.9 Å². The van der Waals surface area contributed by atoms with E-state index in [0.717, 1.165) is 19.3 Å². The molecule has 0 aromatic rings.